The first-order valence-corrected chi connectivity index (χ1v) is 7.43. The summed E-state index contributed by atoms with van der Waals surface area (Å²) in [6.07, 6.45) is 0.939. The van der Waals surface area contributed by atoms with Gasteiger partial charge in [0.2, 0.25) is 0 Å². The van der Waals surface area contributed by atoms with Crippen molar-refractivity contribution in [3.8, 4) is 0 Å². The predicted molar refractivity (Wildman–Crippen MR) is 76.0 cm³/mol. The lowest BCUT2D eigenvalue weighted by atomic mass is 10.3. The van der Waals surface area contributed by atoms with Crippen molar-refractivity contribution in [2.45, 2.75) is 13.0 Å². The summed E-state index contributed by atoms with van der Waals surface area (Å²) in [4.78, 5) is 13.4. The number of carboxylic acids is 1. The van der Waals surface area contributed by atoms with Crippen LogP contribution in [0.4, 0.5) is 0 Å². The summed E-state index contributed by atoms with van der Waals surface area (Å²) in [5.74, 6) is -0.862. The van der Waals surface area contributed by atoms with E-state index in [1.807, 2.05) is 18.2 Å². The highest BCUT2D eigenvalue weighted by atomic mass is 35.5. The monoisotopic (exact) mass is 301 g/mol. The van der Waals surface area contributed by atoms with Crippen LogP contribution in [0.3, 0.4) is 0 Å². The molecule has 0 bridgehead atoms. The van der Waals surface area contributed by atoms with Gasteiger partial charge < -0.3 is 10.4 Å². The van der Waals surface area contributed by atoms with Crippen molar-refractivity contribution in [1.82, 2.24) is 5.32 Å². The molecule has 2 N–H and O–H groups in total. The van der Waals surface area contributed by atoms with E-state index in [1.54, 1.807) is 17.4 Å². The maximum Gasteiger partial charge on any atom is 0.345 e. The van der Waals surface area contributed by atoms with Gasteiger partial charge in [0.15, 0.2) is 0 Å². The Bertz CT molecular complexity index is 536. The average Bonchev–Trinajstić information content (AvgIpc) is 2.93. The molecule has 0 amide bonds. The lowest BCUT2D eigenvalue weighted by Gasteiger charge is -2.01. The molecule has 2 aromatic heterocycles. The summed E-state index contributed by atoms with van der Waals surface area (Å²) in [5.41, 5.74) is 0. The van der Waals surface area contributed by atoms with E-state index in [4.69, 9.17) is 16.7 Å². The number of carboxylic acid groups (broad SMARTS) is 1. The Hall–Kier alpha value is -0.880. The molecule has 3 nitrogen and oxygen atoms in total. The van der Waals surface area contributed by atoms with Gasteiger partial charge in [0.25, 0.3) is 0 Å². The fraction of sp³-hybridized carbons (Fsp3) is 0.250. The van der Waals surface area contributed by atoms with Gasteiger partial charge in [-0.2, -0.15) is 0 Å². The molecule has 2 heterocycles. The van der Waals surface area contributed by atoms with Crippen molar-refractivity contribution < 1.29 is 9.90 Å². The van der Waals surface area contributed by atoms with Gasteiger partial charge in [0.1, 0.15) is 4.88 Å². The fourth-order valence-corrected chi connectivity index (χ4v) is 3.40. The number of rotatable bonds is 6. The molecule has 0 aromatic carbocycles. The van der Waals surface area contributed by atoms with Crippen LogP contribution in [0.2, 0.25) is 4.34 Å². The maximum absolute atomic E-state index is 10.7. The quantitative estimate of drug-likeness (QED) is 0.803. The molecule has 0 spiro atoms. The van der Waals surface area contributed by atoms with E-state index in [0.717, 1.165) is 22.2 Å². The van der Waals surface area contributed by atoms with Gasteiger partial charge in [-0.15, -0.1) is 22.7 Å². The van der Waals surface area contributed by atoms with Crippen LogP contribution < -0.4 is 5.32 Å². The standard InChI is InChI=1S/C12H12ClNO2S2/c13-11-4-2-8(18-11)5-6-14-7-9-1-3-10(17-9)12(15)16/h1-4,14H,5-7H2,(H,15,16). The lowest BCUT2D eigenvalue weighted by molar-refractivity contribution is 0.0702. The van der Waals surface area contributed by atoms with E-state index < -0.39 is 5.97 Å². The third-order valence-electron chi connectivity index (χ3n) is 2.35. The van der Waals surface area contributed by atoms with E-state index in [0.29, 0.717) is 11.4 Å². The van der Waals surface area contributed by atoms with Crippen LogP contribution in [-0.2, 0) is 13.0 Å². The molecule has 96 valence electrons. The minimum atomic E-state index is -0.862. The van der Waals surface area contributed by atoms with Crippen LogP contribution in [0.15, 0.2) is 24.3 Å². The Balaban J connectivity index is 1.73. The molecule has 0 unspecified atom stereocenters. The van der Waals surface area contributed by atoms with Crippen LogP contribution >= 0.6 is 34.3 Å². The summed E-state index contributed by atoms with van der Waals surface area (Å²) in [6.45, 7) is 1.56. The first-order valence-electron chi connectivity index (χ1n) is 5.42. The molecule has 0 aliphatic carbocycles. The van der Waals surface area contributed by atoms with Crippen LogP contribution in [0.25, 0.3) is 0 Å². The molecular formula is C12H12ClNO2S2. The molecule has 2 aromatic rings. The highest BCUT2D eigenvalue weighted by Crippen LogP contribution is 2.21. The first kappa shape index (κ1) is 13.5. The second-order valence-electron chi connectivity index (χ2n) is 3.70. The molecule has 0 atom stereocenters. The lowest BCUT2D eigenvalue weighted by Crippen LogP contribution is -2.15. The molecule has 18 heavy (non-hydrogen) atoms. The molecule has 0 radical (unpaired) electrons. The summed E-state index contributed by atoms with van der Waals surface area (Å²) in [7, 11) is 0. The molecule has 0 aliphatic heterocycles. The van der Waals surface area contributed by atoms with Gasteiger partial charge in [-0.1, -0.05) is 11.6 Å². The number of hydrogen-bond donors (Lipinski definition) is 2. The van der Waals surface area contributed by atoms with Crippen LogP contribution in [0.5, 0.6) is 0 Å². The predicted octanol–water partition coefficient (Wildman–Crippen LogP) is 3.49. The summed E-state index contributed by atoms with van der Waals surface area (Å²) in [6, 6.07) is 7.43. The van der Waals surface area contributed by atoms with E-state index in [1.165, 1.54) is 16.2 Å². The van der Waals surface area contributed by atoms with Crippen molar-refractivity contribution in [3.63, 3.8) is 0 Å². The number of aromatic carboxylic acids is 1. The number of nitrogens with one attached hydrogen (secondary N) is 1. The van der Waals surface area contributed by atoms with E-state index in [2.05, 4.69) is 5.32 Å². The molecule has 0 aliphatic rings. The van der Waals surface area contributed by atoms with E-state index in [-0.39, 0.29) is 0 Å². The van der Waals surface area contributed by atoms with Crippen molar-refractivity contribution in [2.75, 3.05) is 6.54 Å². The van der Waals surface area contributed by atoms with Gasteiger partial charge in [0, 0.05) is 22.8 Å². The van der Waals surface area contributed by atoms with Crippen molar-refractivity contribution >= 4 is 40.2 Å². The highest BCUT2D eigenvalue weighted by molar-refractivity contribution is 7.16. The Morgan fingerprint density at radius 1 is 1.22 bits per heavy atom. The largest absolute Gasteiger partial charge is 0.477 e. The number of thiophene rings is 2. The first-order chi connectivity index (χ1) is 8.65. The average molecular weight is 302 g/mol. The summed E-state index contributed by atoms with van der Waals surface area (Å²) in [5, 5.41) is 12.1. The highest BCUT2D eigenvalue weighted by Gasteiger charge is 2.06. The minimum absolute atomic E-state index is 0.386. The minimum Gasteiger partial charge on any atom is -0.477 e. The topological polar surface area (TPSA) is 49.3 Å². The van der Waals surface area contributed by atoms with Crippen molar-refractivity contribution in [2.24, 2.45) is 0 Å². The van der Waals surface area contributed by atoms with Gasteiger partial charge in [0.05, 0.1) is 4.34 Å². The SMILES string of the molecule is O=C(O)c1ccc(CNCCc2ccc(Cl)s2)s1. The molecule has 2 rings (SSSR count). The van der Waals surface area contributed by atoms with Crippen LogP contribution in [0, 0.1) is 0 Å². The maximum atomic E-state index is 10.7. The normalized spacial score (nSPS) is 10.7. The molecule has 0 saturated carbocycles. The van der Waals surface area contributed by atoms with Gasteiger partial charge in [-0.25, -0.2) is 4.79 Å². The van der Waals surface area contributed by atoms with Crippen molar-refractivity contribution in [3.05, 3.63) is 43.2 Å². The van der Waals surface area contributed by atoms with Gasteiger partial charge >= 0.3 is 5.97 Å². The summed E-state index contributed by atoms with van der Waals surface area (Å²) < 4.78 is 0.814. The zero-order valence-corrected chi connectivity index (χ0v) is 11.9. The van der Waals surface area contributed by atoms with Gasteiger partial charge in [-0.3, -0.25) is 0 Å². The van der Waals surface area contributed by atoms with Crippen LogP contribution in [0.1, 0.15) is 19.4 Å². The number of hydrogen-bond acceptors (Lipinski definition) is 4. The molecular weight excluding hydrogens is 290 g/mol. The summed E-state index contributed by atoms with van der Waals surface area (Å²) >= 11 is 8.75. The van der Waals surface area contributed by atoms with E-state index in [9.17, 15) is 4.79 Å². The number of carbonyl (C=O) groups is 1. The second kappa shape index (κ2) is 6.33. The molecule has 0 fully saturated rings. The third kappa shape index (κ3) is 3.81. The Labute approximate surface area is 118 Å². The zero-order valence-electron chi connectivity index (χ0n) is 9.48. The Morgan fingerprint density at radius 2 is 2.00 bits per heavy atom. The van der Waals surface area contributed by atoms with E-state index >= 15 is 0 Å². The smallest absolute Gasteiger partial charge is 0.345 e. The molecule has 0 saturated heterocycles. The number of halogens is 1. The fourth-order valence-electron chi connectivity index (χ4n) is 1.50. The van der Waals surface area contributed by atoms with Crippen molar-refractivity contribution in [1.29, 1.82) is 0 Å². The van der Waals surface area contributed by atoms with Crippen LogP contribution in [-0.4, -0.2) is 17.6 Å². The second-order valence-corrected chi connectivity index (χ2v) is 6.67. The Kier molecular flexibility index (Phi) is 4.77. The van der Waals surface area contributed by atoms with Gasteiger partial charge in [-0.05, 0) is 30.7 Å². The molecule has 6 heteroatoms. The third-order valence-corrected chi connectivity index (χ3v) is 4.71. The Morgan fingerprint density at radius 3 is 2.61 bits per heavy atom. The zero-order chi connectivity index (χ0) is 13.0.